The highest BCUT2D eigenvalue weighted by atomic mass is 19.3. The lowest BCUT2D eigenvalue weighted by Gasteiger charge is -2.32. The third-order valence-corrected chi connectivity index (χ3v) is 4.46. The molecule has 0 amide bonds. The number of hydrogen-bond acceptors (Lipinski definition) is 3. The summed E-state index contributed by atoms with van der Waals surface area (Å²) in [6.07, 6.45) is 4.86. The SMILES string of the molecule is CCC(NC1CCC(CO)CC1)c1ccccc1OC(F)F. The van der Waals surface area contributed by atoms with Crippen molar-refractivity contribution in [2.75, 3.05) is 6.61 Å². The van der Waals surface area contributed by atoms with E-state index >= 15 is 0 Å². The van der Waals surface area contributed by atoms with Crippen LogP contribution < -0.4 is 10.1 Å². The van der Waals surface area contributed by atoms with Crippen molar-refractivity contribution in [2.45, 2.75) is 57.7 Å². The maximum atomic E-state index is 12.5. The monoisotopic (exact) mass is 313 g/mol. The van der Waals surface area contributed by atoms with E-state index < -0.39 is 6.61 Å². The van der Waals surface area contributed by atoms with Gasteiger partial charge in [0, 0.05) is 24.3 Å². The molecule has 5 heteroatoms. The molecule has 0 aliphatic heterocycles. The van der Waals surface area contributed by atoms with Gasteiger partial charge in [-0.15, -0.1) is 0 Å². The number of nitrogens with one attached hydrogen (secondary N) is 1. The summed E-state index contributed by atoms with van der Waals surface area (Å²) in [4.78, 5) is 0. The average molecular weight is 313 g/mol. The zero-order valence-electron chi connectivity index (χ0n) is 13.0. The van der Waals surface area contributed by atoms with Crippen molar-refractivity contribution < 1.29 is 18.6 Å². The number of alkyl halides is 2. The van der Waals surface area contributed by atoms with Crippen LogP contribution in [0.15, 0.2) is 24.3 Å². The molecule has 0 bridgehead atoms. The van der Waals surface area contributed by atoms with E-state index in [1.54, 1.807) is 12.1 Å². The lowest BCUT2D eigenvalue weighted by Crippen LogP contribution is -2.36. The minimum absolute atomic E-state index is 0.00521. The van der Waals surface area contributed by atoms with E-state index in [4.69, 9.17) is 0 Å². The molecule has 1 aliphatic rings. The molecule has 0 spiro atoms. The molecular weight excluding hydrogens is 288 g/mol. The predicted molar refractivity (Wildman–Crippen MR) is 82.1 cm³/mol. The number of rotatable bonds is 7. The Hall–Kier alpha value is -1.20. The second-order valence-electron chi connectivity index (χ2n) is 5.94. The van der Waals surface area contributed by atoms with Gasteiger partial charge in [0.2, 0.25) is 0 Å². The van der Waals surface area contributed by atoms with E-state index in [-0.39, 0.29) is 18.4 Å². The molecule has 0 radical (unpaired) electrons. The molecule has 3 nitrogen and oxygen atoms in total. The molecule has 1 aliphatic carbocycles. The van der Waals surface area contributed by atoms with Crippen molar-refractivity contribution in [3.63, 3.8) is 0 Å². The summed E-state index contributed by atoms with van der Waals surface area (Å²) < 4.78 is 29.7. The Kier molecular flexibility index (Phi) is 6.58. The summed E-state index contributed by atoms with van der Waals surface area (Å²) in [7, 11) is 0. The normalized spacial score (nSPS) is 23.5. The van der Waals surface area contributed by atoms with Crippen LogP contribution in [0.25, 0.3) is 0 Å². The maximum Gasteiger partial charge on any atom is 0.387 e. The van der Waals surface area contributed by atoms with Gasteiger partial charge in [0.15, 0.2) is 0 Å². The smallest absolute Gasteiger partial charge is 0.387 e. The minimum atomic E-state index is -2.81. The molecular formula is C17H25F2NO2. The third kappa shape index (κ3) is 4.65. The van der Waals surface area contributed by atoms with Gasteiger partial charge in [-0.3, -0.25) is 0 Å². The van der Waals surface area contributed by atoms with Gasteiger partial charge in [0.25, 0.3) is 0 Å². The van der Waals surface area contributed by atoms with Crippen molar-refractivity contribution >= 4 is 0 Å². The number of halogens is 2. The fourth-order valence-electron chi connectivity index (χ4n) is 3.20. The van der Waals surface area contributed by atoms with Crippen molar-refractivity contribution in [3.05, 3.63) is 29.8 Å². The van der Waals surface area contributed by atoms with Crippen LogP contribution in [0, 0.1) is 5.92 Å². The van der Waals surface area contributed by atoms with Crippen molar-refractivity contribution in [3.8, 4) is 5.75 Å². The Morgan fingerprint density at radius 1 is 1.23 bits per heavy atom. The number of para-hydroxylation sites is 1. The standard InChI is InChI=1S/C17H25F2NO2/c1-2-15(20-13-9-7-12(11-21)8-10-13)14-5-3-4-6-16(14)22-17(18)19/h3-6,12-13,15,17,20-21H,2,7-11H2,1H3. The van der Waals surface area contributed by atoms with Crippen molar-refractivity contribution in [1.82, 2.24) is 5.32 Å². The first-order valence-corrected chi connectivity index (χ1v) is 8.04. The molecule has 1 aromatic rings. The summed E-state index contributed by atoms with van der Waals surface area (Å²) in [6.45, 7) is -0.510. The molecule has 1 saturated carbocycles. The summed E-state index contributed by atoms with van der Waals surface area (Å²) in [5.74, 6) is 0.661. The van der Waals surface area contributed by atoms with E-state index in [0.29, 0.717) is 12.0 Å². The first-order chi connectivity index (χ1) is 10.6. The van der Waals surface area contributed by atoms with Crippen LogP contribution in [-0.2, 0) is 0 Å². The van der Waals surface area contributed by atoms with Crippen LogP contribution in [0.2, 0.25) is 0 Å². The second-order valence-corrected chi connectivity index (χ2v) is 5.94. The van der Waals surface area contributed by atoms with E-state index in [2.05, 4.69) is 10.1 Å². The van der Waals surface area contributed by atoms with Crippen LogP contribution >= 0.6 is 0 Å². The zero-order chi connectivity index (χ0) is 15.9. The number of ether oxygens (including phenoxy) is 1. The lowest BCUT2D eigenvalue weighted by molar-refractivity contribution is -0.0507. The van der Waals surface area contributed by atoms with Gasteiger partial charge in [-0.1, -0.05) is 25.1 Å². The first kappa shape index (κ1) is 17.2. The van der Waals surface area contributed by atoms with E-state index in [1.165, 1.54) is 0 Å². The Bertz CT molecular complexity index is 448. The lowest BCUT2D eigenvalue weighted by atomic mass is 9.86. The quantitative estimate of drug-likeness (QED) is 0.802. The molecule has 1 aromatic carbocycles. The average Bonchev–Trinajstić information content (AvgIpc) is 2.53. The van der Waals surface area contributed by atoms with E-state index in [1.807, 2.05) is 19.1 Å². The fraction of sp³-hybridized carbons (Fsp3) is 0.647. The molecule has 0 heterocycles. The predicted octanol–water partition coefficient (Wildman–Crippen LogP) is 3.88. The van der Waals surface area contributed by atoms with Gasteiger partial charge in [-0.25, -0.2) is 0 Å². The van der Waals surface area contributed by atoms with Crippen molar-refractivity contribution in [2.24, 2.45) is 5.92 Å². The third-order valence-electron chi connectivity index (χ3n) is 4.46. The van der Waals surface area contributed by atoms with Gasteiger partial charge in [0.05, 0.1) is 0 Å². The van der Waals surface area contributed by atoms with Crippen LogP contribution in [0.5, 0.6) is 5.75 Å². The number of aliphatic hydroxyl groups excluding tert-OH is 1. The van der Waals surface area contributed by atoms with Gasteiger partial charge >= 0.3 is 6.61 Å². The van der Waals surface area contributed by atoms with Crippen LogP contribution in [0.4, 0.5) is 8.78 Å². The Labute approximate surface area is 130 Å². The van der Waals surface area contributed by atoms with Gasteiger partial charge in [0.1, 0.15) is 5.75 Å². The molecule has 1 unspecified atom stereocenters. The summed E-state index contributed by atoms with van der Waals surface area (Å²) in [5, 5.41) is 12.8. The summed E-state index contributed by atoms with van der Waals surface area (Å²) in [6, 6.07) is 7.37. The largest absolute Gasteiger partial charge is 0.434 e. The minimum Gasteiger partial charge on any atom is -0.434 e. The molecule has 0 aromatic heterocycles. The Morgan fingerprint density at radius 2 is 1.91 bits per heavy atom. The summed E-state index contributed by atoms with van der Waals surface area (Å²) in [5.41, 5.74) is 0.787. The maximum absolute atomic E-state index is 12.5. The zero-order valence-corrected chi connectivity index (χ0v) is 13.0. The number of aliphatic hydroxyl groups is 1. The highest BCUT2D eigenvalue weighted by Crippen LogP contribution is 2.31. The number of benzene rings is 1. The van der Waals surface area contributed by atoms with Gasteiger partial charge in [-0.05, 0) is 44.1 Å². The van der Waals surface area contributed by atoms with E-state index in [9.17, 15) is 13.9 Å². The molecule has 124 valence electrons. The second kappa shape index (κ2) is 8.44. The first-order valence-electron chi connectivity index (χ1n) is 8.04. The van der Waals surface area contributed by atoms with E-state index in [0.717, 1.165) is 37.7 Å². The van der Waals surface area contributed by atoms with Crippen molar-refractivity contribution in [1.29, 1.82) is 0 Å². The topological polar surface area (TPSA) is 41.5 Å². The van der Waals surface area contributed by atoms with Gasteiger partial charge < -0.3 is 15.2 Å². The van der Waals surface area contributed by atoms with Crippen LogP contribution in [-0.4, -0.2) is 24.4 Å². The Balaban J connectivity index is 2.02. The molecule has 2 N–H and O–H groups in total. The molecule has 0 saturated heterocycles. The highest BCUT2D eigenvalue weighted by molar-refractivity contribution is 5.36. The molecule has 22 heavy (non-hydrogen) atoms. The molecule has 1 atom stereocenters. The highest BCUT2D eigenvalue weighted by Gasteiger charge is 2.24. The molecule has 1 fully saturated rings. The van der Waals surface area contributed by atoms with Crippen LogP contribution in [0.1, 0.15) is 50.6 Å². The fourth-order valence-corrected chi connectivity index (χ4v) is 3.20. The Morgan fingerprint density at radius 3 is 2.50 bits per heavy atom. The van der Waals surface area contributed by atoms with Crippen LogP contribution in [0.3, 0.4) is 0 Å². The van der Waals surface area contributed by atoms with Gasteiger partial charge in [-0.2, -0.15) is 8.78 Å². The molecule has 2 rings (SSSR count). The summed E-state index contributed by atoms with van der Waals surface area (Å²) >= 11 is 0. The number of hydrogen-bond donors (Lipinski definition) is 2.